The molecule has 0 aromatic heterocycles. The van der Waals surface area contributed by atoms with Gasteiger partial charge in [-0.1, -0.05) is 32.4 Å². The third-order valence-corrected chi connectivity index (χ3v) is 3.05. The molecule has 0 bridgehead atoms. The third kappa shape index (κ3) is 3.48. The maximum absolute atomic E-state index is 12.0. The molecule has 0 heterocycles. The summed E-state index contributed by atoms with van der Waals surface area (Å²) in [7, 11) is 0. The Kier molecular flexibility index (Phi) is 4.55. The summed E-state index contributed by atoms with van der Waals surface area (Å²) < 4.78 is 5.58. The number of carbonyl (C=O) groups excluding carboxylic acids is 1. The third-order valence-electron chi connectivity index (χ3n) is 3.05. The second-order valence-electron chi connectivity index (χ2n) is 4.53. The number of nitrogens with two attached hydrogens (primary N) is 1. The summed E-state index contributed by atoms with van der Waals surface area (Å²) in [6, 6.07) is 6.99. The normalized spacial score (nSPS) is 14.1. The Balaban J connectivity index is 2.82. The van der Waals surface area contributed by atoms with Crippen LogP contribution in [0, 0.1) is 0 Å². The summed E-state index contributed by atoms with van der Waals surface area (Å²) >= 11 is 0. The summed E-state index contributed by atoms with van der Waals surface area (Å²) in [5, 5.41) is 0. The lowest BCUT2D eigenvalue weighted by molar-refractivity contribution is -0.0155. The average Bonchev–Trinajstić information content (AvgIpc) is 2.29. The molecule has 0 saturated carbocycles. The minimum absolute atomic E-state index is 0.332. The van der Waals surface area contributed by atoms with Gasteiger partial charge >= 0.3 is 5.97 Å². The molecule has 17 heavy (non-hydrogen) atoms. The topological polar surface area (TPSA) is 52.3 Å². The van der Waals surface area contributed by atoms with Crippen LogP contribution in [0.3, 0.4) is 0 Å². The minimum atomic E-state index is -0.395. The lowest BCUT2D eigenvalue weighted by Crippen LogP contribution is -2.31. The molecule has 0 saturated heterocycles. The van der Waals surface area contributed by atoms with Crippen molar-refractivity contribution in [1.82, 2.24) is 0 Å². The van der Waals surface area contributed by atoms with E-state index in [-0.39, 0.29) is 5.97 Å². The van der Waals surface area contributed by atoms with Gasteiger partial charge in [0.25, 0.3) is 0 Å². The van der Waals surface area contributed by atoms with Crippen molar-refractivity contribution < 1.29 is 9.53 Å². The molecule has 1 rings (SSSR count). The quantitative estimate of drug-likeness (QED) is 0.628. The van der Waals surface area contributed by atoms with E-state index >= 15 is 0 Å². The predicted octanol–water partition coefficient (Wildman–Crippen LogP) is 3.39. The van der Waals surface area contributed by atoms with Gasteiger partial charge in [-0.3, -0.25) is 0 Å². The Hall–Kier alpha value is -1.51. The van der Waals surface area contributed by atoms with Gasteiger partial charge in [0, 0.05) is 5.69 Å². The summed E-state index contributed by atoms with van der Waals surface area (Å²) in [5.74, 6) is -0.332. The lowest BCUT2D eigenvalue weighted by atomic mass is 9.97. The van der Waals surface area contributed by atoms with Gasteiger partial charge in [0.15, 0.2) is 0 Å². The monoisotopic (exact) mass is 235 g/mol. The van der Waals surface area contributed by atoms with Gasteiger partial charge in [-0.2, -0.15) is 0 Å². The van der Waals surface area contributed by atoms with Crippen LogP contribution in [-0.2, 0) is 4.74 Å². The van der Waals surface area contributed by atoms with Crippen molar-refractivity contribution in [2.24, 2.45) is 0 Å². The van der Waals surface area contributed by atoms with Crippen LogP contribution in [0.4, 0.5) is 5.69 Å². The maximum atomic E-state index is 12.0. The molecule has 3 nitrogen and oxygen atoms in total. The number of anilines is 1. The number of ether oxygens (including phenoxy) is 1. The van der Waals surface area contributed by atoms with Gasteiger partial charge in [-0.25, -0.2) is 4.79 Å². The van der Waals surface area contributed by atoms with Gasteiger partial charge < -0.3 is 10.5 Å². The molecule has 1 aromatic carbocycles. The molecule has 0 radical (unpaired) electrons. The lowest BCUT2D eigenvalue weighted by Gasteiger charge is -2.28. The second kappa shape index (κ2) is 5.71. The highest BCUT2D eigenvalue weighted by molar-refractivity contribution is 5.95. The Bertz CT molecular complexity index is 390. The van der Waals surface area contributed by atoms with E-state index in [1.165, 1.54) is 0 Å². The smallest absolute Gasteiger partial charge is 0.340 e. The first-order chi connectivity index (χ1) is 8.02. The Morgan fingerprint density at radius 1 is 1.35 bits per heavy atom. The number of para-hydroxylation sites is 1. The highest BCUT2D eigenvalue weighted by Crippen LogP contribution is 2.24. The number of rotatable bonds is 5. The number of esters is 1. The van der Waals surface area contributed by atoms with Gasteiger partial charge in [-0.05, 0) is 31.9 Å². The molecule has 3 heteroatoms. The van der Waals surface area contributed by atoms with E-state index in [2.05, 4.69) is 6.92 Å². The van der Waals surface area contributed by atoms with E-state index in [9.17, 15) is 4.79 Å². The molecule has 1 atom stereocenters. The summed E-state index contributed by atoms with van der Waals surface area (Å²) in [5.41, 5.74) is 6.27. The first-order valence-electron chi connectivity index (χ1n) is 6.10. The van der Waals surface area contributed by atoms with Crippen molar-refractivity contribution in [3.63, 3.8) is 0 Å². The second-order valence-corrected chi connectivity index (χ2v) is 4.53. The zero-order valence-electron chi connectivity index (χ0n) is 10.8. The number of hydrogen-bond donors (Lipinski definition) is 1. The fraction of sp³-hybridized carbons (Fsp3) is 0.500. The molecule has 1 aromatic rings. The first kappa shape index (κ1) is 13.6. The van der Waals surface area contributed by atoms with Crippen LogP contribution in [0.1, 0.15) is 50.4 Å². The van der Waals surface area contributed by atoms with E-state index in [1.54, 1.807) is 24.3 Å². The zero-order valence-corrected chi connectivity index (χ0v) is 10.8. The summed E-state index contributed by atoms with van der Waals surface area (Å²) in [4.78, 5) is 12.0. The van der Waals surface area contributed by atoms with Crippen LogP contribution in [0.25, 0.3) is 0 Å². The number of hydrogen-bond acceptors (Lipinski definition) is 3. The molecule has 0 spiro atoms. The highest BCUT2D eigenvalue weighted by Gasteiger charge is 2.26. The van der Waals surface area contributed by atoms with Gasteiger partial charge in [-0.15, -0.1) is 0 Å². The molecule has 94 valence electrons. The van der Waals surface area contributed by atoms with Crippen LogP contribution in [0.5, 0.6) is 0 Å². The van der Waals surface area contributed by atoms with E-state index in [4.69, 9.17) is 10.5 Å². The average molecular weight is 235 g/mol. The van der Waals surface area contributed by atoms with E-state index < -0.39 is 5.60 Å². The molecule has 0 aliphatic heterocycles. The number of carbonyl (C=O) groups is 1. The van der Waals surface area contributed by atoms with Crippen molar-refractivity contribution in [1.29, 1.82) is 0 Å². The Labute approximate surface area is 103 Å². The maximum Gasteiger partial charge on any atom is 0.340 e. The van der Waals surface area contributed by atoms with Crippen LogP contribution < -0.4 is 5.73 Å². The molecule has 0 aliphatic carbocycles. The van der Waals surface area contributed by atoms with Gasteiger partial charge in [0.1, 0.15) is 5.60 Å². The van der Waals surface area contributed by atoms with Crippen molar-refractivity contribution in [3.8, 4) is 0 Å². The van der Waals surface area contributed by atoms with E-state index in [1.807, 2.05) is 13.8 Å². The van der Waals surface area contributed by atoms with Crippen molar-refractivity contribution in [3.05, 3.63) is 29.8 Å². The molecule has 2 N–H and O–H groups in total. The molecule has 0 amide bonds. The van der Waals surface area contributed by atoms with Gasteiger partial charge in [0.2, 0.25) is 0 Å². The van der Waals surface area contributed by atoms with Crippen molar-refractivity contribution >= 4 is 11.7 Å². The zero-order chi connectivity index (χ0) is 12.9. The highest BCUT2D eigenvalue weighted by atomic mass is 16.6. The SMILES string of the molecule is CCC[C@](C)(CC)OC(=O)c1ccccc1N. The van der Waals surface area contributed by atoms with E-state index in [0.29, 0.717) is 11.3 Å². The van der Waals surface area contributed by atoms with Crippen LogP contribution in [0.2, 0.25) is 0 Å². The molecule has 0 fully saturated rings. The Morgan fingerprint density at radius 3 is 2.53 bits per heavy atom. The molecule has 0 aliphatic rings. The van der Waals surface area contributed by atoms with Crippen LogP contribution >= 0.6 is 0 Å². The molecule has 0 unspecified atom stereocenters. The predicted molar refractivity (Wildman–Crippen MR) is 69.9 cm³/mol. The number of nitrogen functional groups attached to an aromatic ring is 1. The summed E-state index contributed by atoms with van der Waals surface area (Å²) in [6.07, 6.45) is 2.66. The molecular formula is C14H21NO2. The standard InChI is InChI=1S/C14H21NO2/c1-4-10-14(3,5-2)17-13(16)11-8-6-7-9-12(11)15/h6-9H,4-5,10,15H2,1-3H3/t14-/m0/s1. The molecular weight excluding hydrogens is 214 g/mol. The first-order valence-corrected chi connectivity index (χ1v) is 6.10. The van der Waals surface area contributed by atoms with Crippen LogP contribution in [0.15, 0.2) is 24.3 Å². The van der Waals surface area contributed by atoms with Crippen molar-refractivity contribution in [2.45, 2.75) is 45.6 Å². The largest absolute Gasteiger partial charge is 0.456 e. The summed E-state index contributed by atoms with van der Waals surface area (Å²) in [6.45, 7) is 6.07. The fourth-order valence-electron chi connectivity index (χ4n) is 1.79. The van der Waals surface area contributed by atoms with E-state index in [0.717, 1.165) is 19.3 Å². The Morgan fingerprint density at radius 2 is 2.00 bits per heavy atom. The fourth-order valence-corrected chi connectivity index (χ4v) is 1.79. The van der Waals surface area contributed by atoms with Crippen molar-refractivity contribution in [2.75, 3.05) is 5.73 Å². The van der Waals surface area contributed by atoms with Crippen LogP contribution in [-0.4, -0.2) is 11.6 Å². The number of benzene rings is 1. The minimum Gasteiger partial charge on any atom is -0.456 e. The van der Waals surface area contributed by atoms with Gasteiger partial charge in [0.05, 0.1) is 5.56 Å².